The predicted octanol–water partition coefficient (Wildman–Crippen LogP) is 2.23. The summed E-state index contributed by atoms with van der Waals surface area (Å²) < 4.78 is 12.7. The summed E-state index contributed by atoms with van der Waals surface area (Å²) in [5.74, 6) is -0.293. The van der Waals surface area contributed by atoms with Gasteiger partial charge in [0.15, 0.2) is 0 Å². The summed E-state index contributed by atoms with van der Waals surface area (Å²) in [7, 11) is 0. The van der Waals surface area contributed by atoms with Gasteiger partial charge in [-0.05, 0) is 31.1 Å². The van der Waals surface area contributed by atoms with Gasteiger partial charge in [0.05, 0.1) is 6.20 Å². The van der Waals surface area contributed by atoms with E-state index in [2.05, 4.69) is 17.2 Å². The fourth-order valence-electron chi connectivity index (χ4n) is 1.10. The van der Waals surface area contributed by atoms with Gasteiger partial charge in [-0.1, -0.05) is 19.1 Å². The Morgan fingerprint density at radius 1 is 1.50 bits per heavy atom. The van der Waals surface area contributed by atoms with Crippen LogP contribution in [0.2, 0.25) is 0 Å². The topological polar surface area (TPSA) is 24.9 Å². The third-order valence-electron chi connectivity index (χ3n) is 1.77. The van der Waals surface area contributed by atoms with Gasteiger partial charge in [-0.25, -0.2) is 4.39 Å². The zero-order chi connectivity index (χ0) is 10.2. The van der Waals surface area contributed by atoms with E-state index >= 15 is 0 Å². The number of aromatic nitrogens is 1. The van der Waals surface area contributed by atoms with E-state index in [9.17, 15) is 4.39 Å². The van der Waals surface area contributed by atoms with Gasteiger partial charge in [0, 0.05) is 6.20 Å². The average molecular weight is 194 g/mol. The second-order valence-corrected chi connectivity index (χ2v) is 2.98. The molecule has 1 rings (SSSR count). The van der Waals surface area contributed by atoms with Crippen LogP contribution in [0.5, 0.6) is 0 Å². The molecule has 0 aromatic carbocycles. The maximum atomic E-state index is 12.7. The third kappa shape index (κ3) is 4.14. The minimum atomic E-state index is -0.293. The summed E-state index contributed by atoms with van der Waals surface area (Å²) in [5, 5.41) is 3.20. The van der Waals surface area contributed by atoms with E-state index in [1.54, 1.807) is 6.20 Å². The summed E-state index contributed by atoms with van der Waals surface area (Å²) in [4.78, 5) is 3.76. The second kappa shape index (κ2) is 6.27. The molecule has 0 amide bonds. The largest absolute Gasteiger partial charge is 0.317 e. The normalized spacial score (nSPS) is 11.0. The van der Waals surface area contributed by atoms with Gasteiger partial charge in [-0.3, -0.25) is 4.98 Å². The zero-order valence-corrected chi connectivity index (χ0v) is 8.33. The highest BCUT2D eigenvalue weighted by Gasteiger charge is 1.90. The molecule has 0 saturated carbocycles. The van der Waals surface area contributed by atoms with Crippen molar-refractivity contribution >= 4 is 6.08 Å². The van der Waals surface area contributed by atoms with Crippen LogP contribution in [0.25, 0.3) is 6.08 Å². The Morgan fingerprint density at radius 3 is 3.07 bits per heavy atom. The van der Waals surface area contributed by atoms with Crippen LogP contribution in [-0.4, -0.2) is 18.1 Å². The van der Waals surface area contributed by atoms with Crippen LogP contribution in [0.4, 0.5) is 4.39 Å². The molecule has 2 nitrogen and oxygen atoms in total. The number of halogens is 1. The first-order chi connectivity index (χ1) is 6.83. The lowest BCUT2D eigenvalue weighted by Gasteiger charge is -1.96. The molecule has 76 valence electrons. The molecule has 0 spiro atoms. The number of rotatable bonds is 5. The Bertz CT molecular complexity index is 297. The van der Waals surface area contributed by atoms with Crippen LogP contribution >= 0.6 is 0 Å². The van der Waals surface area contributed by atoms with E-state index in [1.807, 2.05) is 12.2 Å². The molecule has 14 heavy (non-hydrogen) atoms. The molecule has 0 bridgehead atoms. The Hall–Kier alpha value is -1.22. The molecule has 1 aromatic heterocycles. The number of hydrogen-bond donors (Lipinski definition) is 1. The van der Waals surface area contributed by atoms with E-state index in [4.69, 9.17) is 0 Å². The zero-order valence-electron chi connectivity index (χ0n) is 8.33. The van der Waals surface area contributed by atoms with E-state index in [-0.39, 0.29) is 5.82 Å². The first kappa shape index (κ1) is 10.9. The van der Waals surface area contributed by atoms with Crippen molar-refractivity contribution in [2.75, 3.05) is 13.1 Å². The molecule has 3 heteroatoms. The standard InChI is InChI=1S/C11H15FN2/c1-2-13-6-4-3-5-10-7-11(12)9-14-8-10/h3,5,7-9,13H,2,4,6H2,1H3. The summed E-state index contributed by atoms with van der Waals surface area (Å²) in [6.07, 6.45) is 7.69. The van der Waals surface area contributed by atoms with Crippen molar-refractivity contribution in [2.24, 2.45) is 0 Å². The molecule has 1 heterocycles. The van der Waals surface area contributed by atoms with Crippen molar-refractivity contribution in [3.8, 4) is 0 Å². The smallest absolute Gasteiger partial charge is 0.142 e. The fourth-order valence-corrected chi connectivity index (χ4v) is 1.10. The summed E-state index contributed by atoms with van der Waals surface area (Å²) in [6, 6.07) is 1.47. The summed E-state index contributed by atoms with van der Waals surface area (Å²) in [5.41, 5.74) is 0.807. The minimum absolute atomic E-state index is 0.293. The Labute approximate surface area is 83.9 Å². The van der Waals surface area contributed by atoms with Gasteiger partial charge in [-0.15, -0.1) is 0 Å². The lowest BCUT2D eigenvalue weighted by Crippen LogP contribution is -2.12. The SMILES string of the molecule is CCNCCC=Cc1cncc(F)c1. The van der Waals surface area contributed by atoms with Crippen molar-refractivity contribution in [3.63, 3.8) is 0 Å². The van der Waals surface area contributed by atoms with Crippen LogP contribution in [0.1, 0.15) is 18.9 Å². The first-order valence-corrected chi connectivity index (χ1v) is 4.80. The molecule has 1 aromatic rings. The minimum Gasteiger partial charge on any atom is -0.317 e. The number of pyridine rings is 1. The van der Waals surface area contributed by atoms with Crippen molar-refractivity contribution in [2.45, 2.75) is 13.3 Å². The highest BCUT2D eigenvalue weighted by molar-refractivity contribution is 5.47. The Balaban J connectivity index is 2.36. The molecule has 0 atom stereocenters. The fraction of sp³-hybridized carbons (Fsp3) is 0.364. The van der Waals surface area contributed by atoms with E-state index in [1.165, 1.54) is 12.3 Å². The van der Waals surface area contributed by atoms with Crippen molar-refractivity contribution in [3.05, 3.63) is 35.9 Å². The Morgan fingerprint density at radius 2 is 2.36 bits per heavy atom. The van der Waals surface area contributed by atoms with Crippen LogP contribution in [0.15, 0.2) is 24.5 Å². The van der Waals surface area contributed by atoms with E-state index in [0.29, 0.717) is 0 Å². The van der Waals surface area contributed by atoms with Crippen LogP contribution in [-0.2, 0) is 0 Å². The number of nitrogens with zero attached hydrogens (tertiary/aromatic N) is 1. The molecule has 0 aliphatic rings. The molecule has 0 aliphatic carbocycles. The monoisotopic (exact) mass is 194 g/mol. The molecule has 0 fully saturated rings. The number of hydrogen-bond acceptors (Lipinski definition) is 2. The van der Waals surface area contributed by atoms with Crippen LogP contribution in [0, 0.1) is 5.82 Å². The molecular formula is C11H15FN2. The average Bonchev–Trinajstić information content (AvgIpc) is 2.18. The highest BCUT2D eigenvalue weighted by atomic mass is 19.1. The third-order valence-corrected chi connectivity index (χ3v) is 1.77. The molecular weight excluding hydrogens is 179 g/mol. The summed E-state index contributed by atoms with van der Waals surface area (Å²) >= 11 is 0. The van der Waals surface area contributed by atoms with Crippen molar-refractivity contribution in [1.82, 2.24) is 10.3 Å². The van der Waals surface area contributed by atoms with Crippen LogP contribution < -0.4 is 5.32 Å². The van der Waals surface area contributed by atoms with Gasteiger partial charge in [-0.2, -0.15) is 0 Å². The van der Waals surface area contributed by atoms with E-state index < -0.39 is 0 Å². The van der Waals surface area contributed by atoms with Gasteiger partial charge >= 0.3 is 0 Å². The van der Waals surface area contributed by atoms with Gasteiger partial charge in [0.25, 0.3) is 0 Å². The van der Waals surface area contributed by atoms with Crippen LogP contribution in [0.3, 0.4) is 0 Å². The summed E-state index contributed by atoms with van der Waals surface area (Å²) in [6.45, 7) is 4.01. The van der Waals surface area contributed by atoms with Gasteiger partial charge in [0.2, 0.25) is 0 Å². The van der Waals surface area contributed by atoms with Gasteiger partial charge < -0.3 is 5.32 Å². The second-order valence-electron chi connectivity index (χ2n) is 2.98. The molecule has 0 aliphatic heterocycles. The van der Waals surface area contributed by atoms with Gasteiger partial charge in [0.1, 0.15) is 5.82 Å². The van der Waals surface area contributed by atoms with Crippen molar-refractivity contribution < 1.29 is 4.39 Å². The van der Waals surface area contributed by atoms with Crippen molar-refractivity contribution in [1.29, 1.82) is 0 Å². The van der Waals surface area contributed by atoms with E-state index in [0.717, 1.165) is 25.1 Å². The lowest BCUT2D eigenvalue weighted by atomic mass is 10.2. The molecule has 0 saturated heterocycles. The quantitative estimate of drug-likeness (QED) is 0.727. The molecule has 1 N–H and O–H groups in total. The first-order valence-electron chi connectivity index (χ1n) is 4.80. The molecule has 0 unspecified atom stereocenters. The highest BCUT2D eigenvalue weighted by Crippen LogP contribution is 2.03. The predicted molar refractivity (Wildman–Crippen MR) is 56.4 cm³/mol. The number of nitrogens with one attached hydrogen (secondary N) is 1. The molecule has 0 radical (unpaired) electrons. The lowest BCUT2D eigenvalue weighted by molar-refractivity contribution is 0.621. The Kier molecular flexibility index (Phi) is 4.86. The maximum Gasteiger partial charge on any atom is 0.142 e. The maximum absolute atomic E-state index is 12.7.